The zero-order valence-electron chi connectivity index (χ0n) is 12.5. The summed E-state index contributed by atoms with van der Waals surface area (Å²) in [5.74, 6) is 0.339. The smallest absolute Gasteiger partial charge is 0.307 e. The lowest BCUT2D eigenvalue weighted by molar-refractivity contribution is -0.141. The van der Waals surface area contributed by atoms with Gasteiger partial charge in [0.2, 0.25) is 10.0 Å². The Morgan fingerprint density at radius 3 is 2.48 bits per heavy atom. The summed E-state index contributed by atoms with van der Waals surface area (Å²) in [5, 5.41) is 0. The third-order valence-corrected chi connectivity index (χ3v) is 5.14. The molecule has 0 unspecified atom stereocenters. The van der Waals surface area contributed by atoms with Crippen LogP contribution in [0.25, 0.3) is 0 Å². The minimum atomic E-state index is -3.63. The number of ether oxygens (including phenoxy) is 1. The molecule has 0 radical (unpaired) electrons. The topological polar surface area (TPSA) is 72.5 Å². The number of methoxy groups -OCH3 is 1. The summed E-state index contributed by atoms with van der Waals surface area (Å²) >= 11 is 1.60. The van der Waals surface area contributed by atoms with E-state index in [4.69, 9.17) is 0 Å². The van der Waals surface area contributed by atoms with Gasteiger partial charge in [-0.05, 0) is 37.5 Å². The van der Waals surface area contributed by atoms with E-state index >= 15 is 0 Å². The Morgan fingerprint density at radius 2 is 1.95 bits per heavy atom. The summed E-state index contributed by atoms with van der Waals surface area (Å²) in [6.45, 7) is 1.89. The Balaban J connectivity index is 2.84. The molecule has 0 saturated carbocycles. The Labute approximate surface area is 130 Å². The highest BCUT2D eigenvalue weighted by Gasteiger charge is 2.22. The molecule has 1 rings (SSSR count). The van der Waals surface area contributed by atoms with E-state index in [0.29, 0.717) is 6.42 Å². The van der Waals surface area contributed by atoms with Crippen LogP contribution in [0.3, 0.4) is 0 Å². The number of thioether (sulfide) groups is 1. The summed E-state index contributed by atoms with van der Waals surface area (Å²) in [5.41, 5.74) is 0.988. The molecule has 0 aromatic heterocycles. The third-order valence-electron chi connectivity index (χ3n) is 2.96. The summed E-state index contributed by atoms with van der Waals surface area (Å²) in [6.07, 6.45) is 2.53. The van der Waals surface area contributed by atoms with Crippen molar-refractivity contribution in [2.45, 2.75) is 30.7 Å². The summed E-state index contributed by atoms with van der Waals surface area (Å²) in [4.78, 5) is 11.6. The maximum atomic E-state index is 12.3. The van der Waals surface area contributed by atoms with Crippen molar-refractivity contribution >= 4 is 27.8 Å². The largest absolute Gasteiger partial charge is 0.469 e. The van der Waals surface area contributed by atoms with Gasteiger partial charge in [-0.25, -0.2) is 13.1 Å². The van der Waals surface area contributed by atoms with Crippen molar-refractivity contribution in [2.75, 3.05) is 19.1 Å². The minimum absolute atomic E-state index is 0.0299. The maximum Gasteiger partial charge on any atom is 0.307 e. The number of hydrogen-bond donors (Lipinski definition) is 1. The van der Waals surface area contributed by atoms with Crippen molar-refractivity contribution in [1.82, 2.24) is 4.72 Å². The minimum Gasteiger partial charge on any atom is -0.469 e. The molecule has 5 nitrogen and oxygen atoms in total. The summed E-state index contributed by atoms with van der Waals surface area (Å²) < 4.78 is 31.8. The first kappa shape index (κ1) is 18.0. The normalized spacial score (nSPS) is 12.9. The van der Waals surface area contributed by atoms with Gasteiger partial charge in [0.05, 0.1) is 18.4 Å². The fourth-order valence-corrected chi connectivity index (χ4v) is 3.54. The van der Waals surface area contributed by atoms with Crippen molar-refractivity contribution in [3.8, 4) is 0 Å². The van der Waals surface area contributed by atoms with Gasteiger partial charge < -0.3 is 4.74 Å². The second-order valence-corrected chi connectivity index (χ2v) is 7.39. The van der Waals surface area contributed by atoms with Crippen LogP contribution in [0.15, 0.2) is 29.2 Å². The molecular formula is C14H21NO4S2. The van der Waals surface area contributed by atoms with Gasteiger partial charge in [-0.15, -0.1) is 0 Å². The molecule has 0 amide bonds. The fraction of sp³-hybridized carbons (Fsp3) is 0.500. The van der Waals surface area contributed by atoms with Crippen LogP contribution in [0, 0.1) is 6.92 Å². The van der Waals surface area contributed by atoms with Crippen molar-refractivity contribution in [2.24, 2.45) is 0 Å². The molecular weight excluding hydrogens is 310 g/mol. The first-order valence-corrected chi connectivity index (χ1v) is 9.41. The Hall–Kier alpha value is -1.05. The molecule has 118 valence electrons. The van der Waals surface area contributed by atoms with Crippen molar-refractivity contribution in [3.63, 3.8) is 0 Å². The fourth-order valence-electron chi connectivity index (χ4n) is 1.75. The highest BCUT2D eigenvalue weighted by molar-refractivity contribution is 7.98. The molecule has 0 fully saturated rings. The molecule has 0 aliphatic rings. The lowest BCUT2D eigenvalue weighted by Gasteiger charge is -2.17. The first-order chi connectivity index (χ1) is 9.89. The average molecular weight is 331 g/mol. The lowest BCUT2D eigenvalue weighted by atomic mass is 10.2. The van der Waals surface area contributed by atoms with Crippen LogP contribution in [0.2, 0.25) is 0 Å². The van der Waals surface area contributed by atoms with Crippen LogP contribution < -0.4 is 4.72 Å². The molecule has 0 spiro atoms. The number of benzene rings is 1. The summed E-state index contributed by atoms with van der Waals surface area (Å²) in [6, 6.07) is 6.14. The molecule has 0 heterocycles. The van der Waals surface area contributed by atoms with Crippen LogP contribution >= 0.6 is 11.8 Å². The van der Waals surface area contributed by atoms with Crippen molar-refractivity contribution < 1.29 is 17.9 Å². The van der Waals surface area contributed by atoms with Gasteiger partial charge in [0.25, 0.3) is 0 Å². The molecule has 0 aliphatic heterocycles. The predicted octanol–water partition coefficient (Wildman–Crippen LogP) is 1.96. The van der Waals surface area contributed by atoms with Crippen LogP contribution in [0.5, 0.6) is 0 Å². The zero-order valence-corrected chi connectivity index (χ0v) is 14.1. The first-order valence-electron chi connectivity index (χ1n) is 6.54. The summed E-state index contributed by atoms with van der Waals surface area (Å²) in [7, 11) is -2.33. The van der Waals surface area contributed by atoms with E-state index in [-0.39, 0.29) is 11.3 Å². The number of rotatable bonds is 8. The lowest BCUT2D eigenvalue weighted by Crippen LogP contribution is -2.37. The van der Waals surface area contributed by atoms with Crippen LogP contribution in [-0.2, 0) is 19.6 Å². The number of hydrogen-bond acceptors (Lipinski definition) is 5. The molecule has 7 heteroatoms. The molecule has 1 atom stereocenters. The van der Waals surface area contributed by atoms with E-state index in [1.165, 1.54) is 7.11 Å². The van der Waals surface area contributed by atoms with Gasteiger partial charge in [0.15, 0.2) is 0 Å². The van der Waals surface area contributed by atoms with Gasteiger partial charge in [-0.1, -0.05) is 17.7 Å². The number of esters is 1. The van der Waals surface area contributed by atoms with Crippen molar-refractivity contribution in [3.05, 3.63) is 29.8 Å². The van der Waals surface area contributed by atoms with Gasteiger partial charge in [0, 0.05) is 6.04 Å². The standard InChI is InChI=1S/C14H21NO4S2/c1-11-4-6-13(7-5-11)21(17,18)15-12(8-9-20-3)10-14(16)19-2/h4-7,12,15H,8-10H2,1-3H3/t12-/m0/s1. The molecule has 1 aromatic rings. The Morgan fingerprint density at radius 1 is 1.33 bits per heavy atom. The van der Waals surface area contributed by atoms with Crippen LogP contribution in [0.4, 0.5) is 0 Å². The third kappa shape index (κ3) is 6.07. The van der Waals surface area contributed by atoms with Gasteiger partial charge in [0.1, 0.15) is 0 Å². The second-order valence-electron chi connectivity index (χ2n) is 4.69. The van der Waals surface area contributed by atoms with E-state index in [1.807, 2.05) is 13.2 Å². The molecule has 0 aliphatic carbocycles. The SMILES string of the molecule is COC(=O)C[C@H](CCSC)NS(=O)(=O)c1ccc(C)cc1. The highest BCUT2D eigenvalue weighted by atomic mass is 32.2. The Kier molecular flexibility index (Phi) is 7.21. The molecule has 1 aromatic carbocycles. The quantitative estimate of drug-likeness (QED) is 0.737. The van der Waals surface area contributed by atoms with E-state index in [2.05, 4.69) is 9.46 Å². The maximum absolute atomic E-state index is 12.3. The van der Waals surface area contributed by atoms with E-state index in [1.54, 1.807) is 36.0 Å². The highest BCUT2D eigenvalue weighted by Crippen LogP contribution is 2.13. The van der Waals surface area contributed by atoms with E-state index < -0.39 is 22.0 Å². The Bertz CT molecular complexity index is 555. The molecule has 1 N–H and O–H groups in total. The number of sulfonamides is 1. The van der Waals surface area contributed by atoms with Gasteiger partial charge in [-0.3, -0.25) is 4.79 Å². The molecule has 0 saturated heterocycles. The monoisotopic (exact) mass is 331 g/mol. The van der Waals surface area contributed by atoms with Crippen LogP contribution in [-0.4, -0.2) is 39.5 Å². The van der Waals surface area contributed by atoms with Gasteiger partial charge >= 0.3 is 5.97 Å². The average Bonchev–Trinajstić information content (AvgIpc) is 2.44. The van der Waals surface area contributed by atoms with E-state index in [0.717, 1.165) is 11.3 Å². The number of carbonyl (C=O) groups excluding carboxylic acids is 1. The number of nitrogens with one attached hydrogen (secondary N) is 1. The van der Waals surface area contributed by atoms with Gasteiger partial charge in [-0.2, -0.15) is 11.8 Å². The van der Waals surface area contributed by atoms with Crippen molar-refractivity contribution in [1.29, 1.82) is 0 Å². The molecule has 0 bridgehead atoms. The number of carbonyl (C=O) groups is 1. The second kappa shape index (κ2) is 8.41. The van der Waals surface area contributed by atoms with E-state index in [9.17, 15) is 13.2 Å². The van der Waals surface area contributed by atoms with Crippen LogP contribution in [0.1, 0.15) is 18.4 Å². The predicted molar refractivity (Wildman–Crippen MR) is 84.9 cm³/mol. The molecule has 21 heavy (non-hydrogen) atoms. The number of aryl methyl sites for hydroxylation is 1. The zero-order chi connectivity index (χ0) is 15.9.